The number of hydrogen-bond acceptors (Lipinski definition) is 6. The van der Waals surface area contributed by atoms with Crippen LogP contribution in [-0.2, 0) is 22.5 Å². The van der Waals surface area contributed by atoms with Crippen molar-refractivity contribution in [1.29, 1.82) is 0 Å². The van der Waals surface area contributed by atoms with Gasteiger partial charge in [0.05, 0.1) is 19.4 Å². The number of aromatic nitrogens is 3. The van der Waals surface area contributed by atoms with Gasteiger partial charge >= 0.3 is 11.7 Å². The molecule has 0 aliphatic heterocycles. The minimum absolute atomic E-state index is 0.0576. The van der Waals surface area contributed by atoms with Gasteiger partial charge in [0, 0.05) is 23.5 Å². The lowest BCUT2D eigenvalue weighted by Crippen LogP contribution is -2.35. The number of aromatic hydroxyl groups is 1. The van der Waals surface area contributed by atoms with Gasteiger partial charge in [-0.25, -0.2) is 9.59 Å². The topological polar surface area (TPSA) is 130 Å². The van der Waals surface area contributed by atoms with Gasteiger partial charge in [-0.15, -0.1) is 0 Å². The third-order valence-electron chi connectivity index (χ3n) is 5.85. The largest absolute Gasteiger partial charge is 0.494 e. The van der Waals surface area contributed by atoms with Crippen LogP contribution in [0, 0.1) is 0 Å². The molecule has 3 N–H and O–H groups in total. The number of nitrogens with zero attached hydrogens (tertiary/aromatic N) is 2. The Balaban J connectivity index is 1.77. The number of carbonyl (C=O) groups is 1. The third-order valence-corrected chi connectivity index (χ3v) is 5.85. The van der Waals surface area contributed by atoms with Crippen LogP contribution in [0.15, 0.2) is 75.4 Å². The summed E-state index contributed by atoms with van der Waals surface area (Å²) in [5, 5.41) is 11.9. The van der Waals surface area contributed by atoms with Crippen molar-refractivity contribution < 1.29 is 14.6 Å². The van der Waals surface area contributed by atoms with E-state index in [0.717, 1.165) is 26.6 Å². The summed E-state index contributed by atoms with van der Waals surface area (Å²) in [6.45, 7) is 1.81. The highest BCUT2D eigenvalue weighted by atomic mass is 16.5. The first kappa shape index (κ1) is 23.7. The lowest BCUT2D eigenvalue weighted by Gasteiger charge is -2.15. The van der Waals surface area contributed by atoms with Gasteiger partial charge in [0.2, 0.25) is 5.88 Å². The second-order valence-corrected chi connectivity index (χ2v) is 8.06. The summed E-state index contributed by atoms with van der Waals surface area (Å²) in [5.74, 6) is -1.08. The van der Waals surface area contributed by atoms with E-state index in [9.17, 15) is 19.5 Å². The van der Waals surface area contributed by atoms with Crippen molar-refractivity contribution in [2.24, 2.45) is 4.99 Å². The van der Waals surface area contributed by atoms with Crippen molar-refractivity contribution >= 4 is 22.6 Å². The minimum Gasteiger partial charge on any atom is -0.494 e. The molecular weight excluding hydrogens is 448 g/mol. The van der Waals surface area contributed by atoms with Crippen LogP contribution in [0.25, 0.3) is 10.9 Å². The van der Waals surface area contributed by atoms with Crippen LogP contribution in [0.3, 0.4) is 0 Å². The average molecular weight is 475 g/mol. The number of benzene rings is 2. The van der Waals surface area contributed by atoms with Crippen LogP contribution in [0.4, 0.5) is 0 Å². The van der Waals surface area contributed by atoms with E-state index in [1.165, 1.54) is 7.11 Å². The molecule has 35 heavy (non-hydrogen) atoms. The maximum atomic E-state index is 12.7. The van der Waals surface area contributed by atoms with Crippen molar-refractivity contribution in [2.45, 2.75) is 32.4 Å². The van der Waals surface area contributed by atoms with Gasteiger partial charge in [0.1, 0.15) is 5.56 Å². The molecule has 0 aliphatic carbocycles. The Morgan fingerprint density at radius 2 is 1.83 bits per heavy atom. The minimum atomic E-state index is -0.956. The quantitative estimate of drug-likeness (QED) is 0.267. The Morgan fingerprint density at radius 1 is 1.11 bits per heavy atom. The fourth-order valence-electron chi connectivity index (χ4n) is 4.08. The second kappa shape index (κ2) is 10.3. The van der Waals surface area contributed by atoms with Crippen LogP contribution in [-0.4, -0.2) is 44.5 Å². The fourth-order valence-corrected chi connectivity index (χ4v) is 4.08. The maximum Gasteiger partial charge on any atom is 0.331 e. The SMILES string of the molecule is CCC(=N[C@H](Cc1c[nH]c2ccccc12)C(=O)OC)c1c(O)n(Cc2ccccc2)c(=O)[nH]c1=O. The summed E-state index contributed by atoms with van der Waals surface area (Å²) < 4.78 is 6.05. The van der Waals surface area contributed by atoms with Crippen LogP contribution in [0.1, 0.15) is 30.0 Å². The molecule has 2 aromatic carbocycles. The van der Waals surface area contributed by atoms with Crippen LogP contribution in [0.5, 0.6) is 5.88 Å². The third kappa shape index (κ3) is 4.93. The maximum absolute atomic E-state index is 12.7. The molecule has 9 nitrogen and oxygen atoms in total. The van der Waals surface area contributed by atoms with E-state index in [1.54, 1.807) is 19.1 Å². The first-order chi connectivity index (χ1) is 16.9. The molecule has 0 bridgehead atoms. The number of hydrogen-bond donors (Lipinski definition) is 3. The average Bonchev–Trinajstić information content (AvgIpc) is 3.28. The van der Waals surface area contributed by atoms with Crippen molar-refractivity contribution in [1.82, 2.24) is 14.5 Å². The molecule has 1 atom stereocenters. The van der Waals surface area contributed by atoms with E-state index in [2.05, 4.69) is 15.0 Å². The first-order valence-electron chi connectivity index (χ1n) is 11.2. The normalized spacial score (nSPS) is 12.6. The molecule has 0 aliphatic rings. The van der Waals surface area contributed by atoms with Crippen molar-refractivity contribution in [2.75, 3.05) is 7.11 Å². The smallest absolute Gasteiger partial charge is 0.331 e. The lowest BCUT2D eigenvalue weighted by molar-refractivity contribution is -0.142. The van der Waals surface area contributed by atoms with Crippen molar-refractivity contribution in [3.05, 3.63) is 98.3 Å². The highest BCUT2D eigenvalue weighted by molar-refractivity contribution is 6.03. The molecule has 180 valence electrons. The number of nitrogens with one attached hydrogen (secondary N) is 2. The van der Waals surface area contributed by atoms with E-state index in [1.807, 2.05) is 48.7 Å². The Labute approximate surface area is 200 Å². The summed E-state index contributed by atoms with van der Waals surface area (Å²) in [7, 11) is 1.27. The van der Waals surface area contributed by atoms with Gasteiger partial charge < -0.3 is 14.8 Å². The molecular formula is C26H26N4O5. The summed E-state index contributed by atoms with van der Waals surface area (Å²) in [5.41, 5.74) is 1.10. The number of esters is 1. The number of aromatic amines is 2. The molecule has 0 fully saturated rings. The Hall–Kier alpha value is -4.40. The summed E-state index contributed by atoms with van der Waals surface area (Å²) >= 11 is 0. The van der Waals surface area contributed by atoms with Crippen LogP contribution in [0.2, 0.25) is 0 Å². The summed E-state index contributed by atoms with van der Waals surface area (Å²) in [6.07, 6.45) is 2.27. The summed E-state index contributed by atoms with van der Waals surface area (Å²) in [6, 6.07) is 15.8. The van der Waals surface area contributed by atoms with E-state index >= 15 is 0 Å². The van der Waals surface area contributed by atoms with Crippen molar-refractivity contribution in [3.8, 4) is 5.88 Å². The molecule has 0 saturated heterocycles. The Morgan fingerprint density at radius 3 is 2.54 bits per heavy atom. The number of ether oxygens (including phenoxy) is 1. The molecule has 9 heteroatoms. The molecule has 0 spiro atoms. The zero-order chi connectivity index (χ0) is 24.9. The summed E-state index contributed by atoms with van der Waals surface area (Å²) in [4.78, 5) is 47.8. The second-order valence-electron chi connectivity index (χ2n) is 8.06. The zero-order valence-corrected chi connectivity index (χ0v) is 19.4. The standard InChI is InChI=1S/C26H26N4O5/c1-3-19(22-23(31)29-26(34)30(24(22)32)15-16-9-5-4-6-10-16)28-21(25(33)35-2)13-17-14-27-20-12-8-7-11-18(17)20/h4-12,14,21,27,32H,3,13,15H2,1-2H3,(H,29,31,34)/t21-/m1/s1. The van der Waals surface area contributed by atoms with Gasteiger partial charge in [0.15, 0.2) is 6.04 Å². The molecule has 0 amide bonds. The Kier molecular flexibility index (Phi) is 6.96. The predicted molar refractivity (Wildman–Crippen MR) is 133 cm³/mol. The highest BCUT2D eigenvalue weighted by Gasteiger charge is 2.24. The van der Waals surface area contributed by atoms with Gasteiger partial charge in [-0.2, -0.15) is 0 Å². The zero-order valence-electron chi connectivity index (χ0n) is 19.4. The van der Waals surface area contributed by atoms with Gasteiger partial charge in [0.25, 0.3) is 5.56 Å². The number of fused-ring (bicyclic) bond motifs is 1. The van der Waals surface area contributed by atoms with E-state index in [-0.39, 0.29) is 30.7 Å². The number of para-hydroxylation sites is 1. The molecule has 2 aromatic heterocycles. The molecule has 0 unspecified atom stereocenters. The van der Waals surface area contributed by atoms with Crippen LogP contribution >= 0.6 is 0 Å². The highest BCUT2D eigenvalue weighted by Crippen LogP contribution is 2.22. The molecule has 4 aromatic rings. The van der Waals surface area contributed by atoms with Gasteiger partial charge in [-0.05, 0) is 23.6 Å². The lowest BCUT2D eigenvalue weighted by atomic mass is 10.0. The number of rotatable bonds is 8. The van der Waals surface area contributed by atoms with Gasteiger partial charge in [-0.3, -0.25) is 19.3 Å². The monoisotopic (exact) mass is 474 g/mol. The number of carbonyl (C=O) groups excluding carboxylic acids is 1. The molecule has 0 saturated carbocycles. The predicted octanol–water partition coefficient (Wildman–Crippen LogP) is 2.76. The number of aliphatic imine (C=N–C) groups is 1. The van der Waals surface area contributed by atoms with Crippen molar-refractivity contribution in [3.63, 3.8) is 0 Å². The molecule has 2 heterocycles. The van der Waals surface area contributed by atoms with Gasteiger partial charge in [-0.1, -0.05) is 55.5 Å². The number of H-pyrrole nitrogens is 2. The molecule has 4 rings (SSSR count). The fraction of sp³-hybridized carbons (Fsp3) is 0.231. The molecule has 0 radical (unpaired) electrons. The first-order valence-corrected chi connectivity index (χ1v) is 11.2. The van der Waals surface area contributed by atoms with E-state index < -0.39 is 29.1 Å². The number of methoxy groups -OCH3 is 1. The Bertz CT molecular complexity index is 1500. The van der Waals surface area contributed by atoms with Crippen LogP contribution < -0.4 is 11.2 Å². The van der Waals surface area contributed by atoms with E-state index in [4.69, 9.17) is 4.74 Å². The van der Waals surface area contributed by atoms with E-state index in [0.29, 0.717) is 0 Å².